The summed E-state index contributed by atoms with van der Waals surface area (Å²) < 4.78 is 2.21. The number of hydrogen-bond donors (Lipinski definition) is 1. The van der Waals surface area contributed by atoms with Crippen LogP contribution in [0.25, 0.3) is 11.0 Å². The van der Waals surface area contributed by atoms with E-state index in [0.29, 0.717) is 18.5 Å². The Morgan fingerprint density at radius 2 is 1.93 bits per heavy atom. The fraction of sp³-hybridized carbons (Fsp3) is 0.571. The Kier molecular flexibility index (Phi) is 4.89. The monoisotopic (exact) mass is 368 g/mol. The normalized spacial score (nSPS) is 21.4. The molecule has 4 rings (SSSR count). The maximum absolute atomic E-state index is 12.9. The van der Waals surface area contributed by atoms with Gasteiger partial charge in [0.25, 0.3) is 0 Å². The quantitative estimate of drug-likeness (QED) is 0.894. The summed E-state index contributed by atoms with van der Waals surface area (Å²) in [4.78, 5) is 31.6. The number of anilines is 1. The van der Waals surface area contributed by atoms with Crippen LogP contribution in [0.15, 0.2) is 24.3 Å². The lowest BCUT2D eigenvalue weighted by atomic mass is 9.95. The predicted octanol–water partition coefficient (Wildman–Crippen LogP) is 3.74. The summed E-state index contributed by atoms with van der Waals surface area (Å²) >= 11 is 0. The average molecular weight is 368 g/mol. The molecule has 6 nitrogen and oxygen atoms in total. The van der Waals surface area contributed by atoms with Crippen LogP contribution in [-0.2, 0) is 9.59 Å². The summed E-state index contributed by atoms with van der Waals surface area (Å²) in [6, 6.07) is 8.56. The lowest BCUT2D eigenvalue weighted by Crippen LogP contribution is -2.33. The van der Waals surface area contributed by atoms with Crippen LogP contribution in [0.2, 0.25) is 0 Å². The first-order valence-corrected chi connectivity index (χ1v) is 10.1. The molecule has 2 amide bonds. The first kappa shape index (κ1) is 18.0. The van der Waals surface area contributed by atoms with Gasteiger partial charge >= 0.3 is 0 Å². The lowest BCUT2D eigenvalue weighted by Gasteiger charge is -2.25. The zero-order chi connectivity index (χ0) is 19.0. The van der Waals surface area contributed by atoms with Crippen LogP contribution < -0.4 is 5.32 Å². The van der Waals surface area contributed by atoms with Crippen molar-refractivity contribution in [3.8, 4) is 0 Å². The molecule has 0 radical (unpaired) electrons. The van der Waals surface area contributed by atoms with Crippen molar-refractivity contribution in [2.45, 2.75) is 64.5 Å². The van der Waals surface area contributed by atoms with Crippen LogP contribution in [0.1, 0.15) is 58.4 Å². The first-order chi connectivity index (χ1) is 13.0. The van der Waals surface area contributed by atoms with E-state index >= 15 is 0 Å². The highest BCUT2D eigenvalue weighted by atomic mass is 16.2. The molecule has 1 saturated heterocycles. The fourth-order valence-electron chi connectivity index (χ4n) is 4.46. The van der Waals surface area contributed by atoms with Gasteiger partial charge in [0.1, 0.15) is 0 Å². The van der Waals surface area contributed by atoms with E-state index in [2.05, 4.69) is 16.0 Å². The van der Waals surface area contributed by atoms with Crippen molar-refractivity contribution in [3.63, 3.8) is 0 Å². The Bertz CT molecular complexity index is 851. The van der Waals surface area contributed by atoms with Crippen LogP contribution in [0.5, 0.6) is 0 Å². The molecule has 1 unspecified atom stereocenters. The maximum atomic E-state index is 12.9. The molecule has 1 atom stereocenters. The second-order valence-electron chi connectivity index (χ2n) is 8.12. The van der Waals surface area contributed by atoms with Gasteiger partial charge in [-0.3, -0.25) is 14.9 Å². The third-order valence-electron chi connectivity index (χ3n) is 5.92. The van der Waals surface area contributed by atoms with Gasteiger partial charge in [0, 0.05) is 25.0 Å². The molecule has 2 aliphatic rings. The van der Waals surface area contributed by atoms with Crippen molar-refractivity contribution >= 4 is 28.8 Å². The number of benzene rings is 1. The fourth-order valence-corrected chi connectivity index (χ4v) is 4.46. The summed E-state index contributed by atoms with van der Waals surface area (Å²) in [5.74, 6) is 0.285. The maximum Gasteiger partial charge on any atom is 0.232 e. The average Bonchev–Trinajstić information content (AvgIpc) is 3.22. The first-order valence-electron chi connectivity index (χ1n) is 10.1. The van der Waals surface area contributed by atoms with Gasteiger partial charge in [0.05, 0.1) is 17.0 Å². The summed E-state index contributed by atoms with van der Waals surface area (Å²) in [5, 5.41) is 3.05. The van der Waals surface area contributed by atoms with Crippen LogP contribution >= 0.6 is 0 Å². The van der Waals surface area contributed by atoms with Gasteiger partial charge in [0.15, 0.2) is 0 Å². The number of likely N-dealkylation sites (tertiary alicyclic amines) is 1. The molecule has 144 valence electrons. The van der Waals surface area contributed by atoms with Crippen molar-refractivity contribution in [3.05, 3.63) is 24.3 Å². The van der Waals surface area contributed by atoms with E-state index in [4.69, 9.17) is 4.98 Å². The van der Waals surface area contributed by atoms with Crippen LogP contribution in [-0.4, -0.2) is 38.9 Å². The number of hydrogen-bond acceptors (Lipinski definition) is 3. The summed E-state index contributed by atoms with van der Waals surface area (Å²) in [6.45, 7) is 4.47. The van der Waals surface area contributed by atoms with Crippen molar-refractivity contribution in [2.75, 3.05) is 11.9 Å². The van der Waals surface area contributed by atoms with Crippen molar-refractivity contribution < 1.29 is 9.59 Å². The van der Waals surface area contributed by atoms with E-state index in [-0.39, 0.29) is 30.2 Å². The van der Waals surface area contributed by atoms with Crippen LogP contribution in [0, 0.1) is 5.92 Å². The van der Waals surface area contributed by atoms with Gasteiger partial charge in [-0.25, -0.2) is 4.98 Å². The standard InChI is InChI=1S/C21H28N4O2/c1-14(2)24-13-15(12-19(24)26)20(27)23-21-22-17-10-6-7-11-18(17)25(21)16-8-4-3-5-9-16/h6-7,10-11,14-16H,3-5,8-9,12-13H2,1-2H3,(H,22,23,27). The van der Waals surface area contributed by atoms with Gasteiger partial charge in [-0.05, 0) is 38.8 Å². The number of carbonyl (C=O) groups is 2. The van der Waals surface area contributed by atoms with Gasteiger partial charge in [-0.1, -0.05) is 31.4 Å². The number of aromatic nitrogens is 2. The molecule has 1 N–H and O–H groups in total. The van der Waals surface area contributed by atoms with Crippen LogP contribution in [0.4, 0.5) is 5.95 Å². The summed E-state index contributed by atoms with van der Waals surface area (Å²) in [6.07, 6.45) is 6.22. The molecule has 0 bridgehead atoms. The Balaban J connectivity index is 1.60. The molecule has 0 spiro atoms. The van der Waals surface area contributed by atoms with E-state index in [1.54, 1.807) is 4.90 Å². The third kappa shape index (κ3) is 3.45. The van der Waals surface area contributed by atoms with Gasteiger partial charge < -0.3 is 9.47 Å². The molecule has 1 aromatic carbocycles. The number of amides is 2. The second kappa shape index (κ2) is 7.33. The second-order valence-corrected chi connectivity index (χ2v) is 8.12. The molecule has 1 aliphatic heterocycles. The SMILES string of the molecule is CC(C)N1CC(C(=O)Nc2nc3ccccc3n2C2CCCCC2)CC1=O. The minimum Gasteiger partial charge on any atom is -0.339 e. The minimum atomic E-state index is -0.306. The minimum absolute atomic E-state index is 0.0610. The third-order valence-corrected chi connectivity index (χ3v) is 5.92. The van der Waals surface area contributed by atoms with E-state index in [9.17, 15) is 9.59 Å². The highest BCUT2D eigenvalue weighted by Crippen LogP contribution is 2.34. The topological polar surface area (TPSA) is 67.2 Å². The van der Waals surface area contributed by atoms with Crippen LogP contribution in [0.3, 0.4) is 0 Å². The number of rotatable bonds is 4. The Morgan fingerprint density at radius 1 is 1.19 bits per heavy atom. The molecule has 2 aromatic rings. The zero-order valence-electron chi connectivity index (χ0n) is 16.1. The number of nitrogens with zero attached hydrogens (tertiary/aromatic N) is 3. The molecule has 27 heavy (non-hydrogen) atoms. The van der Waals surface area contributed by atoms with E-state index in [1.807, 2.05) is 32.0 Å². The highest BCUT2D eigenvalue weighted by molar-refractivity contribution is 5.97. The number of para-hydroxylation sites is 2. The number of carbonyl (C=O) groups excluding carboxylic acids is 2. The van der Waals surface area contributed by atoms with Gasteiger partial charge in [0.2, 0.25) is 17.8 Å². The van der Waals surface area contributed by atoms with Gasteiger partial charge in [-0.2, -0.15) is 0 Å². The Hall–Kier alpha value is -2.37. The molecular formula is C21H28N4O2. The van der Waals surface area contributed by atoms with E-state index < -0.39 is 0 Å². The predicted molar refractivity (Wildman–Crippen MR) is 105 cm³/mol. The highest BCUT2D eigenvalue weighted by Gasteiger charge is 2.36. The number of imidazole rings is 1. The van der Waals surface area contributed by atoms with Crippen molar-refractivity contribution in [1.82, 2.24) is 14.5 Å². The van der Waals surface area contributed by atoms with Gasteiger partial charge in [-0.15, -0.1) is 0 Å². The summed E-state index contributed by atoms with van der Waals surface area (Å²) in [5.41, 5.74) is 1.98. The molecule has 2 fully saturated rings. The Labute approximate surface area is 159 Å². The lowest BCUT2D eigenvalue weighted by molar-refractivity contribution is -0.129. The number of nitrogens with one attached hydrogen (secondary N) is 1. The summed E-state index contributed by atoms with van der Waals surface area (Å²) in [7, 11) is 0. The molecular weight excluding hydrogens is 340 g/mol. The molecule has 6 heteroatoms. The van der Waals surface area contributed by atoms with E-state index in [1.165, 1.54) is 19.3 Å². The Morgan fingerprint density at radius 3 is 2.63 bits per heavy atom. The largest absolute Gasteiger partial charge is 0.339 e. The van der Waals surface area contributed by atoms with Crippen molar-refractivity contribution in [1.29, 1.82) is 0 Å². The zero-order valence-corrected chi connectivity index (χ0v) is 16.1. The molecule has 1 saturated carbocycles. The molecule has 1 aliphatic carbocycles. The molecule has 1 aromatic heterocycles. The van der Waals surface area contributed by atoms with Crippen molar-refractivity contribution in [2.24, 2.45) is 5.92 Å². The van der Waals surface area contributed by atoms with E-state index in [0.717, 1.165) is 23.9 Å². The smallest absolute Gasteiger partial charge is 0.232 e. The molecule has 2 heterocycles. The number of fused-ring (bicyclic) bond motifs is 1.